The summed E-state index contributed by atoms with van der Waals surface area (Å²) < 4.78 is 11.3. The molecule has 0 aliphatic heterocycles. The number of carboxylic acid groups (broad SMARTS) is 1. The molecule has 0 heterocycles. The monoisotopic (exact) mass is 528 g/mol. The van der Waals surface area contributed by atoms with E-state index in [1.807, 2.05) is 54.6 Å². The first-order chi connectivity index (χ1) is 18.9. The topological polar surface area (TPSA) is 114 Å². The third-order valence-corrected chi connectivity index (χ3v) is 7.50. The van der Waals surface area contributed by atoms with Crippen molar-refractivity contribution >= 4 is 18.0 Å². The van der Waals surface area contributed by atoms with E-state index in [4.69, 9.17) is 9.47 Å². The predicted molar refractivity (Wildman–Crippen MR) is 145 cm³/mol. The third kappa shape index (κ3) is 6.12. The number of rotatable bonds is 11. The number of carbonyl (C=O) groups excluding carboxylic acids is 2. The Morgan fingerprint density at radius 1 is 0.923 bits per heavy atom. The molecule has 2 aliphatic carbocycles. The highest BCUT2D eigenvalue weighted by Gasteiger charge is 2.44. The highest BCUT2D eigenvalue weighted by atomic mass is 16.5. The lowest BCUT2D eigenvalue weighted by Crippen LogP contribution is -2.49. The van der Waals surface area contributed by atoms with Crippen molar-refractivity contribution in [3.05, 3.63) is 95.6 Å². The molecule has 0 radical (unpaired) electrons. The number of carbonyl (C=O) groups is 3. The number of benzene rings is 3. The highest BCUT2D eigenvalue weighted by molar-refractivity contribution is 5.87. The van der Waals surface area contributed by atoms with Crippen molar-refractivity contribution in [2.24, 2.45) is 11.8 Å². The van der Waals surface area contributed by atoms with Gasteiger partial charge in [-0.1, -0.05) is 78.9 Å². The standard InChI is InChI=1S/C31H32N2O6/c1-19(38-17-20-9-3-2-4-10-20)28(30(35)36)33-29(34)26-15-21(26)16-32-31(37)39-18-27-24-13-7-5-11-22(24)23-12-6-8-14-25(23)27/h2-14,19,21,26-28H,15-18H2,1H3,(H,32,37)(H,33,34)(H,35,36)/t19-,21?,26?,28+/m1/s1. The predicted octanol–water partition coefficient (Wildman–Crippen LogP) is 4.34. The average Bonchev–Trinajstić information content (AvgIpc) is 3.67. The van der Waals surface area contributed by atoms with Gasteiger partial charge in [0.25, 0.3) is 0 Å². The molecule has 202 valence electrons. The molecule has 2 unspecified atom stereocenters. The number of ether oxygens (including phenoxy) is 2. The molecular formula is C31H32N2O6. The maximum absolute atomic E-state index is 12.7. The van der Waals surface area contributed by atoms with Crippen LogP contribution < -0.4 is 10.6 Å². The maximum atomic E-state index is 12.7. The Bertz CT molecular complexity index is 1300. The summed E-state index contributed by atoms with van der Waals surface area (Å²) in [6, 6.07) is 24.5. The molecule has 2 aliphatic rings. The molecule has 4 atom stereocenters. The molecule has 3 N–H and O–H groups in total. The van der Waals surface area contributed by atoms with Gasteiger partial charge < -0.3 is 25.2 Å². The lowest BCUT2D eigenvalue weighted by atomic mass is 9.98. The van der Waals surface area contributed by atoms with Gasteiger partial charge in [0.05, 0.1) is 12.7 Å². The lowest BCUT2D eigenvalue weighted by molar-refractivity contribution is -0.146. The Kier molecular flexibility index (Phi) is 7.93. The zero-order valence-corrected chi connectivity index (χ0v) is 21.7. The third-order valence-electron chi connectivity index (χ3n) is 7.50. The van der Waals surface area contributed by atoms with Crippen LogP contribution in [0.1, 0.15) is 36.0 Å². The molecule has 2 amide bonds. The van der Waals surface area contributed by atoms with Crippen molar-refractivity contribution in [2.45, 2.75) is 38.0 Å². The largest absolute Gasteiger partial charge is 0.480 e. The molecule has 8 heteroatoms. The van der Waals surface area contributed by atoms with Crippen molar-refractivity contribution < 1.29 is 29.0 Å². The van der Waals surface area contributed by atoms with Crippen LogP contribution in [0.4, 0.5) is 4.79 Å². The number of amides is 2. The zero-order valence-electron chi connectivity index (χ0n) is 21.7. The highest BCUT2D eigenvalue weighted by Crippen LogP contribution is 2.44. The number of nitrogens with one attached hydrogen (secondary N) is 2. The summed E-state index contributed by atoms with van der Waals surface area (Å²) >= 11 is 0. The number of alkyl carbamates (subject to hydrolysis) is 1. The lowest BCUT2D eigenvalue weighted by Gasteiger charge is -2.22. The Hall–Kier alpha value is -4.17. The Morgan fingerprint density at radius 3 is 2.18 bits per heavy atom. The van der Waals surface area contributed by atoms with Crippen LogP contribution in [0.15, 0.2) is 78.9 Å². The molecule has 1 saturated carbocycles. The number of hydrogen-bond acceptors (Lipinski definition) is 5. The first-order valence-electron chi connectivity index (χ1n) is 13.2. The fraction of sp³-hybridized carbons (Fsp3) is 0.323. The van der Waals surface area contributed by atoms with E-state index in [1.54, 1.807) is 6.92 Å². The van der Waals surface area contributed by atoms with E-state index >= 15 is 0 Å². The molecule has 3 aromatic rings. The zero-order chi connectivity index (χ0) is 27.4. The molecule has 5 rings (SSSR count). The van der Waals surface area contributed by atoms with Crippen LogP contribution in [0.3, 0.4) is 0 Å². The maximum Gasteiger partial charge on any atom is 0.407 e. The van der Waals surface area contributed by atoms with Crippen LogP contribution in [-0.4, -0.2) is 48.4 Å². The van der Waals surface area contributed by atoms with Crippen LogP contribution in [0.5, 0.6) is 0 Å². The van der Waals surface area contributed by atoms with Crippen molar-refractivity contribution in [3.8, 4) is 11.1 Å². The summed E-state index contributed by atoms with van der Waals surface area (Å²) in [6.07, 6.45) is -0.682. The van der Waals surface area contributed by atoms with Crippen LogP contribution in [-0.2, 0) is 25.7 Å². The summed E-state index contributed by atoms with van der Waals surface area (Å²) in [5.41, 5.74) is 5.52. The van der Waals surface area contributed by atoms with Crippen LogP contribution in [0, 0.1) is 11.8 Å². The Balaban J connectivity index is 1.06. The van der Waals surface area contributed by atoms with E-state index in [9.17, 15) is 19.5 Å². The molecule has 8 nitrogen and oxygen atoms in total. The van der Waals surface area contributed by atoms with Gasteiger partial charge in [0.15, 0.2) is 6.04 Å². The van der Waals surface area contributed by atoms with E-state index in [0.717, 1.165) is 27.8 Å². The van der Waals surface area contributed by atoms with Gasteiger partial charge in [0, 0.05) is 18.4 Å². The Morgan fingerprint density at radius 2 is 1.54 bits per heavy atom. The van der Waals surface area contributed by atoms with Gasteiger partial charge in [-0.05, 0) is 47.1 Å². The van der Waals surface area contributed by atoms with Gasteiger partial charge in [0.2, 0.25) is 5.91 Å². The van der Waals surface area contributed by atoms with E-state index in [2.05, 4.69) is 34.9 Å². The SMILES string of the molecule is C[C@@H](OCc1ccccc1)[C@H](NC(=O)C1CC1CNC(=O)OCC1c2ccccc2-c2ccccc21)C(=O)O. The molecule has 0 saturated heterocycles. The van der Waals surface area contributed by atoms with Gasteiger partial charge in [-0.3, -0.25) is 4.79 Å². The summed E-state index contributed by atoms with van der Waals surface area (Å²) in [5, 5.41) is 15.0. The minimum atomic E-state index is -1.17. The molecule has 1 fully saturated rings. The molecule has 0 spiro atoms. The van der Waals surface area contributed by atoms with E-state index in [-0.39, 0.29) is 43.4 Å². The summed E-state index contributed by atoms with van der Waals surface area (Å²) in [5.74, 6) is -1.96. The first kappa shape index (κ1) is 26.4. The van der Waals surface area contributed by atoms with Crippen molar-refractivity contribution in [1.29, 1.82) is 0 Å². The second-order valence-electron chi connectivity index (χ2n) is 10.1. The minimum Gasteiger partial charge on any atom is -0.480 e. The van der Waals surface area contributed by atoms with Crippen molar-refractivity contribution in [3.63, 3.8) is 0 Å². The Labute approximate surface area is 227 Å². The van der Waals surface area contributed by atoms with E-state index in [0.29, 0.717) is 6.42 Å². The molecule has 0 bridgehead atoms. The van der Waals surface area contributed by atoms with Gasteiger partial charge in [0.1, 0.15) is 6.61 Å². The van der Waals surface area contributed by atoms with Gasteiger partial charge in [-0.2, -0.15) is 0 Å². The quantitative estimate of drug-likeness (QED) is 0.341. The summed E-state index contributed by atoms with van der Waals surface area (Å²) in [4.78, 5) is 37.0. The number of carboxylic acids is 1. The normalized spacial score (nSPS) is 18.8. The van der Waals surface area contributed by atoms with Gasteiger partial charge in [-0.15, -0.1) is 0 Å². The minimum absolute atomic E-state index is 0.0262. The van der Waals surface area contributed by atoms with Crippen molar-refractivity contribution in [2.75, 3.05) is 13.2 Å². The fourth-order valence-electron chi connectivity index (χ4n) is 5.20. The molecule has 0 aromatic heterocycles. The second kappa shape index (κ2) is 11.7. The van der Waals surface area contributed by atoms with Gasteiger partial charge in [-0.25, -0.2) is 9.59 Å². The molecule has 39 heavy (non-hydrogen) atoms. The van der Waals surface area contributed by atoms with Crippen LogP contribution in [0.25, 0.3) is 11.1 Å². The molecular weight excluding hydrogens is 496 g/mol. The fourth-order valence-corrected chi connectivity index (χ4v) is 5.20. The van der Waals surface area contributed by atoms with Crippen LogP contribution >= 0.6 is 0 Å². The van der Waals surface area contributed by atoms with Crippen molar-refractivity contribution in [1.82, 2.24) is 10.6 Å². The molecule has 3 aromatic carbocycles. The van der Waals surface area contributed by atoms with Gasteiger partial charge >= 0.3 is 12.1 Å². The number of fused-ring (bicyclic) bond motifs is 3. The van der Waals surface area contributed by atoms with E-state index < -0.39 is 24.2 Å². The smallest absolute Gasteiger partial charge is 0.407 e. The first-order valence-corrected chi connectivity index (χ1v) is 13.2. The summed E-state index contributed by atoms with van der Waals surface area (Å²) in [7, 11) is 0. The van der Waals surface area contributed by atoms with Crippen LogP contribution in [0.2, 0.25) is 0 Å². The number of hydrogen-bond donors (Lipinski definition) is 3. The average molecular weight is 529 g/mol. The second-order valence-corrected chi connectivity index (χ2v) is 10.1. The summed E-state index contributed by atoms with van der Waals surface area (Å²) in [6.45, 7) is 2.38. The number of aliphatic carboxylic acids is 1. The van der Waals surface area contributed by atoms with E-state index in [1.165, 1.54) is 0 Å².